The van der Waals surface area contributed by atoms with Crippen LogP contribution in [0.4, 0.5) is 5.95 Å². The molecule has 1 N–H and O–H groups in total. The molecule has 0 radical (unpaired) electrons. The lowest BCUT2D eigenvalue weighted by atomic mass is 10.5. The molecule has 2 heterocycles. The van der Waals surface area contributed by atoms with E-state index in [0.29, 0.717) is 16.2 Å². The molecule has 0 aliphatic rings. The van der Waals surface area contributed by atoms with Gasteiger partial charge in [0, 0.05) is 14.1 Å². The number of aromatic amines is 1. The van der Waals surface area contributed by atoms with Gasteiger partial charge >= 0.3 is 0 Å². The summed E-state index contributed by atoms with van der Waals surface area (Å²) in [5, 5.41) is 0. The summed E-state index contributed by atoms with van der Waals surface area (Å²) in [7, 11) is 3.58. The van der Waals surface area contributed by atoms with Crippen LogP contribution in [-0.4, -0.2) is 34.0 Å². The van der Waals surface area contributed by atoms with Crippen molar-refractivity contribution in [3.05, 3.63) is 21.2 Å². The summed E-state index contributed by atoms with van der Waals surface area (Å²) in [6, 6.07) is 0. The Bertz CT molecular complexity index is 564. The van der Waals surface area contributed by atoms with E-state index in [0.717, 1.165) is 0 Å². The van der Waals surface area contributed by atoms with Crippen molar-refractivity contribution in [2.75, 3.05) is 19.0 Å². The number of anilines is 1. The van der Waals surface area contributed by atoms with Gasteiger partial charge < -0.3 is 4.90 Å². The number of rotatable bonds is 1. The van der Waals surface area contributed by atoms with Crippen LogP contribution in [0.1, 0.15) is 0 Å². The van der Waals surface area contributed by atoms with E-state index >= 15 is 0 Å². The second-order valence-corrected chi connectivity index (χ2v) is 3.96. The summed E-state index contributed by atoms with van der Waals surface area (Å²) >= 11 is 3.15. The van der Waals surface area contributed by atoms with Gasteiger partial charge in [-0.05, 0) is 15.9 Å². The second-order valence-electron chi connectivity index (χ2n) is 3.15. The highest BCUT2D eigenvalue weighted by Gasteiger charge is 2.07. The van der Waals surface area contributed by atoms with Gasteiger partial charge in [-0.2, -0.15) is 4.98 Å². The fourth-order valence-corrected chi connectivity index (χ4v) is 1.38. The van der Waals surface area contributed by atoms with E-state index in [9.17, 15) is 4.79 Å². The first kappa shape index (κ1) is 10.0. The van der Waals surface area contributed by atoms with Gasteiger partial charge in [-0.15, -0.1) is 0 Å². The van der Waals surface area contributed by atoms with Crippen LogP contribution < -0.4 is 10.5 Å². The van der Waals surface area contributed by atoms with Crippen molar-refractivity contribution in [1.82, 2.24) is 19.9 Å². The number of hydrogen-bond acceptors (Lipinski definition) is 5. The molecule has 0 bridgehead atoms. The first-order valence-electron chi connectivity index (χ1n) is 4.18. The Balaban J connectivity index is 2.79. The number of hydrogen-bond donors (Lipinski definition) is 1. The van der Waals surface area contributed by atoms with Crippen molar-refractivity contribution >= 4 is 33.0 Å². The van der Waals surface area contributed by atoms with E-state index in [2.05, 4.69) is 35.9 Å². The van der Waals surface area contributed by atoms with Crippen molar-refractivity contribution in [3.63, 3.8) is 0 Å². The molecule has 0 saturated heterocycles. The Morgan fingerprint density at radius 1 is 1.40 bits per heavy atom. The second kappa shape index (κ2) is 3.58. The molecule has 0 saturated carbocycles. The number of halogens is 1. The van der Waals surface area contributed by atoms with Crippen LogP contribution in [0.5, 0.6) is 0 Å². The van der Waals surface area contributed by atoms with Crippen LogP contribution in [-0.2, 0) is 0 Å². The van der Waals surface area contributed by atoms with Crippen LogP contribution in [0.25, 0.3) is 11.2 Å². The molecule has 0 unspecified atom stereocenters. The summed E-state index contributed by atoms with van der Waals surface area (Å²) < 4.78 is 0.514. The summed E-state index contributed by atoms with van der Waals surface area (Å²) in [6.45, 7) is 0. The zero-order valence-corrected chi connectivity index (χ0v) is 9.74. The predicted octanol–water partition coefficient (Wildman–Crippen LogP) is 0.542. The molecule has 0 atom stereocenters. The Hall–Kier alpha value is -1.50. The van der Waals surface area contributed by atoms with Crippen molar-refractivity contribution in [2.45, 2.75) is 0 Å². The third-order valence-corrected chi connectivity index (χ3v) is 2.18. The number of aromatic nitrogens is 4. The van der Waals surface area contributed by atoms with Gasteiger partial charge in [0.15, 0.2) is 11.2 Å². The molecule has 2 aromatic rings. The first-order valence-corrected chi connectivity index (χ1v) is 4.97. The van der Waals surface area contributed by atoms with E-state index in [1.165, 1.54) is 6.20 Å². The molecule has 6 nitrogen and oxygen atoms in total. The molecule has 0 aliphatic carbocycles. The molecule has 2 aromatic heterocycles. The van der Waals surface area contributed by atoms with Crippen LogP contribution in [0.2, 0.25) is 0 Å². The van der Waals surface area contributed by atoms with Gasteiger partial charge in [0.05, 0.1) is 6.20 Å². The van der Waals surface area contributed by atoms with Crippen molar-refractivity contribution in [2.24, 2.45) is 0 Å². The predicted molar refractivity (Wildman–Crippen MR) is 60.0 cm³/mol. The van der Waals surface area contributed by atoms with Gasteiger partial charge in [0.1, 0.15) is 4.60 Å². The minimum atomic E-state index is -0.294. The van der Waals surface area contributed by atoms with Gasteiger partial charge in [-0.1, -0.05) is 0 Å². The molecule has 0 aromatic carbocycles. The van der Waals surface area contributed by atoms with Crippen LogP contribution >= 0.6 is 15.9 Å². The SMILES string of the molecule is CN(C)c1nc2ncc(Br)nc2c(=O)[nH]1. The maximum atomic E-state index is 11.6. The number of H-pyrrole nitrogens is 1. The van der Waals surface area contributed by atoms with Crippen molar-refractivity contribution in [1.29, 1.82) is 0 Å². The highest BCUT2D eigenvalue weighted by molar-refractivity contribution is 9.10. The number of fused-ring (bicyclic) bond motifs is 1. The smallest absolute Gasteiger partial charge is 0.280 e. The fourth-order valence-electron chi connectivity index (χ4n) is 1.10. The maximum absolute atomic E-state index is 11.6. The molecular formula is C8H8BrN5O. The third kappa shape index (κ3) is 1.82. The quantitative estimate of drug-likeness (QED) is 0.818. The molecule has 78 valence electrons. The Morgan fingerprint density at radius 2 is 2.13 bits per heavy atom. The van der Waals surface area contributed by atoms with Crippen LogP contribution in [0.3, 0.4) is 0 Å². The Labute approximate surface area is 93.5 Å². The average molecular weight is 270 g/mol. The molecular weight excluding hydrogens is 262 g/mol. The van der Waals surface area contributed by atoms with Crippen molar-refractivity contribution in [3.8, 4) is 0 Å². The zero-order valence-electron chi connectivity index (χ0n) is 8.15. The normalized spacial score (nSPS) is 10.6. The molecule has 15 heavy (non-hydrogen) atoms. The monoisotopic (exact) mass is 269 g/mol. The molecule has 2 rings (SSSR count). The summed E-state index contributed by atoms with van der Waals surface area (Å²) in [6.07, 6.45) is 1.51. The number of nitrogens with zero attached hydrogens (tertiary/aromatic N) is 4. The van der Waals surface area contributed by atoms with Gasteiger partial charge in [-0.3, -0.25) is 9.78 Å². The van der Waals surface area contributed by atoms with E-state index in [-0.39, 0.29) is 11.1 Å². The number of nitrogens with one attached hydrogen (secondary N) is 1. The molecule has 0 amide bonds. The third-order valence-electron chi connectivity index (χ3n) is 1.80. The largest absolute Gasteiger partial charge is 0.348 e. The lowest BCUT2D eigenvalue weighted by molar-refractivity contribution is 0.986. The zero-order chi connectivity index (χ0) is 11.0. The fraction of sp³-hybridized carbons (Fsp3) is 0.250. The first-order chi connectivity index (χ1) is 7.08. The van der Waals surface area contributed by atoms with E-state index in [1.54, 1.807) is 19.0 Å². The molecule has 7 heteroatoms. The lowest BCUT2D eigenvalue weighted by Gasteiger charge is -2.09. The maximum Gasteiger partial charge on any atom is 0.280 e. The summed E-state index contributed by atoms with van der Waals surface area (Å²) in [5.41, 5.74) is 0.276. The highest BCUT2D eigenvalue weighted by atomic mass is 79.9. The standard InChI is InChI=1S/C8H8BrN5O/c1-14(2)8-12-6-5(7(15)13-8)11-4(9)3-10-6/h3H,1-2H3,(H,10,12,13,15). The van der Waals surface area contributed by atoms with Crippen LogP contribution in [0.15, 0.2) is 15.6 Å². The highest BCUT2D eigenvalue weighted by Crippen LogP contribution is 2.09. The van der Waals surface area contributed by atoms with E-state index < -0.39 is 0 Å². The summed E-state index contributed by atoms with van der Waals surface area (Å²) in [4.78, 5) is 28.1. The Kier molecular flexibility index (Phi) is 2.39. The van der Waals surface area contributed by atoms with E-state index in [1.807, 2.05) is 0 Å². The minimum Gasteiger partial charge on any atom is -0.348 e. The van der Waals surface area contributed by atoms with Crippen LogP contribution in [0, 0.1) is 0 Å². The molecule has 0 spiro atoms. The van der Waals surface area contributed by atoms with Gasteiger partial charge in [0.2, 0.25) is 5.95 Å². The molecule has 0 aliphatic heterocycles. The van der Waals surface area contributed by atoms with E-state index in [4.69, 9.17) is 0 Å². The average Bonchev–Trinajstić information content (AvgIpc) is 2.18. The Morgan fingerprint density at radius 3 is 2.80 bits per heavy atom. The molecule has 0 fully saturated rings. The van der Waals surface area contributed by atoms with Gasteiger partial charge in [-0.25, -0.2) is 9.97 Å². The summed E-state index contributed by atoms with van der Waals surface area (Å²) in [5.74, 6) is 0.462. The van der Waals surface area contributed by atoms with Crippen molar-refractivity contribution < 1.29 is 0 Å². The topological polar surface area (TPSA) is 74.8 Å². The lowest BCUT2D eigenvalue weighted by Crippen LogP contribution is -2.19. The van der Waals surface area contributed by atoms with Gasteiger partial charge in [0.25, 0.3) is 5.56 Å². The minimum absolute atomic E-state index is 0.231.